The second kappa shape index (κ2) is 4.73. The van der Waals surface area contributed by atoms with Crippen LogP contribution in [0.4, 0.5) is 0 Å². The molecule has 68 valence electrons. The van der Waals surface area contributed by atoms with Gasteiger partial charge < -0.3 is 0 Å². The Hall–Kier alpha value is -0.210. The summed E-state index contributed by atoms with van der Waals surface area (Å²) in [6, 6.07) is 0. The highest BCUT2D eigenvalue weighted by atomic mass is 35.5. The molecule has 0 N–H and O–H groups in total. The quantitative estimate of drug-likeness (QED) is 0.548. The molecule has 0 aliphatic heterocycles. The van der Waals surface area contributed by atoms with Gasteiger partial charge in [0.05, 0.1) is 16.9 Å². The number of rotatable bonds is 4. The average Bonchev–Trinajstić information content (AvgIpc) is 2.36. The van der Waals surface area contributed by atoms with Gasteiger partial charge in [0.15, 0.2) is 0 Å². The summed E-state index contributed by atoms with van der Waals surface area (Å²) in [5, 5.41) is 4.87. The van der Waals surface area contributed by atoms with Crippen LogP contribution in [-0.4, -0.2) is 15.7 Å². The van der Waals surface area contributed by atoms with Crippen molar-refractivity contribution >= 4 is 23.2 Å². The van der Waals surface area contributed by atoms with Crippen molar-refractivity contribution in [2.75, 3.05) is 5.88 Å². The molecule has 1 heterocycles. The zero-order valence-electron chi connectivity index (χ0n) is 7.06. The first-order valence-corrected chi connectivity index (χ1v) is 4.91. The third kappa shape index (κ3) is 2.39. The SMILES string of the molecule is Cc1c(Cl)cnn1CCCCCl. The van der Waals surface area contributed by atoms with Crippen molar-refractivity contribution in [3.05, 3.63) is 16.9 Å². The molecule has 0 aliphatic rings. The van der Waals surface area contributed by atoms with Crippen LogP contribution in [0, 0.1) is 6.92 Å². The first kappa shape index (κ1) is 9.87. The number of nitrogens with zero attached hydrogens (tertiary/aromatic N) is 2. The van der Waals surface area contributed by atoms with Gasteiger partial charge in [-0.05, 0) is 19.8 Å². The van der Waals surface area contributed by atoms with E-state index >= 15 is 0 Å². The number of unbranched alkanes of at least 4 members (excludes halogenated alkanes) is 1. The van der Waals surface area contributed by atoms with Crippen LogP contribution in [0.15, 0.2) is 6.20 Å². The second-order valence-corrected chi connectivity index (χ2v) is 3.48. The predicted octanol–water partition coefficient (Wildman–Crippen LogP) is 2.86. The highest BCUT2D eigenvalue weighted by Crippen LogP contribution is 2.13. The van der Waals surface area contributed by atoms with Crippen LogP contribution in [0.2, 0.25) is 5.02 Å². The van der Waals surface area contributed by atoms with Crippen molar-refractivity contribution in [1.29, 1.82) is 0 Å². The second-order valence-electron chi connectivity index (χ2n) is 2.70. The standard InChI is InChI=1S/C8H12Cl2N2/c1-7-8(10)6-11-12(7)5-3-2-4-9/h6H,2-5H2,1H3. The van der Waals surface area contributed by atoms with Gasteiger partial charge in [-0.15, -0.1) is 11.6 Å². The van der Waals surface area contributed by atoms with Gasteiger partial charge in [0.25, 0.3) is 0 Å². The molecular weight excluding hydrogens is 195 g/mol. The molecule has 0 fully saturated rings. The van der Waals surface area contributed by atoms with E-state index in [9.17, 15) is 0 Å². The molecule has 0 spiro atoms. The molecule has 1 aromatic heterocycles. The summed E-state index contributed by atoms with van der Waals surface area (Å²) in [5.41, 5.74) is 1.03. The minimum absolute atomic E-state index is 0.716. The van der Waals surface area contributed by atoms with E-state index in [-0.39, 0.29) is 0 Å². The lowest BCUT2D eigenvalue weighted by Crippen LogP contribution is -2.02. The molecule has 0 bridgehead atoms. The summed E-state index contributed by atoms with van der Waals surface area (Å²) in [4.78, 5) is 0. The molecule has 0 saturated carbocycles. The minimum Gasteiger partial charge on any atom is -0.268 e. The Kier molecular flexibility index (Phi) is 3.89. The maximum absolute atomic E-state index is 5.83. The topological polar surface area (TPSA) is 17.8 Å². The number of halogens is 2. The van der Waals surface area contributed by atoms with E-state index in [0.717, 1.165) is 30.1 Å². The van der Waals surface area contributed by atoms with Gasteiger partial charge in [-0.2, -0.15) is 5.10 Å². The van der Waals surface area contributed by atoms with Gasteiger partial charge >= 0.3 is 0 Å². The van der Waals surface area contributed by atoms with Crippen molar-refractivity contribution in [3.63, 3.8) is 0 Å². The summed E-state index contributed by atoms with van der Waals surface area (Å²) in [7, 11) is 0. The van der Waals surface area contributed by atoms with Gasteiger partial charge in [0.2, 0.25) is 0 Å². The third-order valence-electron chi connectivity index (χ3n) is 1.80. The maximum atomic E-state index is 5.83. The molecule has 0 aliphatic carbocycles. The van der Waals surface area contributed by atoms with Gasteiger partial charge in [-0.1, -0.05) is 11.6 Å². The summed E-state index contributed by atoms with van der Waals surface area (Å²) >= 11 is 11.4. The van der Waals surface area contributed by atoms with E-state index in [2.05, 4.69) is 5.10 Å². The van der Waals surface area contributed by atoms with Gasteiger partial charge in [0, 0.05) is 12.4 Å². The Balaban J connectivity index is 2.46. The van der Waals surface area contributed by atoms with E-state index in [1.165, 1.54) is 0 Å². The normalized spacial score (nSPS) is 10.6. The molecule has 1 rings (SSSR count). The monoisotopic (exact) mass is 206 g/mol. The number of hydrogen-bond donors (Lipinski definition) is 0. The van der Waals surface area contributed by atoms with Crippen molar-refractivity contribution in [3.8, 4) is 0 Å². The Morgan fingerprint density at radius 1 is 1.50 bits per heavy atom. The Morgan fingerprint density at radius 2 is 2.25 bits per heavy atom. The van der Waals surface area contributed by atoms with E-state index < -0.39 is 0 Å². The van der Waals surface area contributed by atoms with Crippen molar-refractivity contribution < 1.29 is 0 Å². The van der Waals surface area contributed by atoms with E-state index in [1.807, 2.05) is 11.6 Å². The Labute approximate surface area is 82.5 Å². The van der Waals surface area contributed by atoms with Crippen molar-refractivity contribution in [2.24, 2.45) is 0 Å². The summed E-state index contributed by atoms with van der Waals surface area (Å²) < 4.78 is 1.91. The zero-order chi connectivity index (χ0) is 8.97. The van der Waals surface area contributed by atoms with E-state index in [0.29, 0.717) is 5.88 Å². The van der Waals surface area contributed by atoms with Crippen LogP contribution >= 0.6 is 23.2 Å². The smallest absolute Gasteiger partial charge is 0.0814 e. The molecule has 0 aromatic carbocycles. The number of aromatic nitrogens is 2. The largest absolute Gasteiger partial charge is 0.268 e. The lowest BCUT2D eigenvalue weighted by atomic mass is 10.3. The molecule has 0 unspecified atom stereocenters. The Morgan fingerprint density at radius 3 is 2.75 bits per heavy atom. The lowest BCUT2D eigenvalue weighted by Gasteiger charge is -2.02. The van der Waals surface area contributed by atoms with Crippen LogP contribution in [0.25, 0.3) is 0 Å². The fourth-order valence-corrected chi connectivity index (χ4v) is 1.34. The number of hydrogen-bond acceptors (Lipinski definition) is 1. The maximum Gasteiger partial charge on any atom is 0.0814 e. The zero-order valence-corrected chi connectivity index (χ0v) is 8.57. The Bertz CT molecular complexity index is 245. The molecule has 0 radical (unpaired) electrons. The molecule has 12 heavy (non-hydrogen) atoms. The van der Waals surface area contributed by atoms with Crippen LogP contribution < -0.4 is 0 Å². The fraction of sp³-hybridized carbons (Fsp3) is 0.625. The molecule has 1 aromatic rings. The molecular formula is C8H12Cl2N2. The minimum atomic E-state index is 0.716. The van der Waals surface area contributed by atoms with Crippen LogP contribution in [0.1, 0.15) is 18.5 Å². The first-order chi connectivity index (χ1) is 5.75. The van der Waals surface area contributed by atoms with Crippen LogP contribution in [-0.2, 0) is 6.54 Å². The molecule has 0 atom stereocenters. The van der Waals surface area contributed by atoms with Gasteiger partial charge in [-0.25, -0.2) is 0 Å². The summed E-state index contributed by atoms with van der Waals surface area (Å²) in [5.74, 6) is 0.716. The summed E-state index contributed by atoms with van der Waals surface area (Å²) in [6.45, 7) is 2.88. The average molecular weight is 207 g/mol. The number of aryl methyl sites for hydroxylation is 1. The van der Waals surface area contributed by atoms with Crippen LogP contribution in [0.5, 0.6) is 0 Å². The lowest BCUT2D eigenvalue weighted by molar-refractivity contribution is 0.560. The van der Waals surface area contributed by atoms with Gasteiger partial charge in [-0.3, -0.25) is 4.68 Å². The molecule has 4 heteroatoms. The van der Waals surface area contributed by atoms with Crippen LogP contribution in [0.3, 0.4) is 0 Å². The third-order valence-corrected chi connectivity index (χ3v) is 2.44. The van der Waals surface area contributed by atoms with Gasteiger partial charge in [0.1, 0.15) is 0 Å². The molecule has 2 nitrogen and oxygen atoms in total. The van der Waals surface area contributed by atoms with Crippen molar-refractivity contribution in [2.45, 2.75) is 26.3 Å². The molecule has 0 amide bonds. The summed E-state index contributed by atoms with van der Waals surface area (Å²) in [6.07, 6.45) is 3.76. The highest BCUT2D eigenvalue weighted by Gasteiger charge is 2.02. The number of alkyl halides is 1. The molecule has 0 saturated heterocycles. The highest BCUT2D eigenvalue weighted by molar-refractivity contribution is 6.31. The first-order valence-electron chi connectivity index (χ1n) is 3.99. The predicted molar refractivity (Wildman–Crippen MR) is 51.9 cm³/mol. The van der Waals surface area contributed by atoms with E-state index in [1.54, 1.807) is 6.20 Å². The van der Waals surface area contributed by atoms with E-state index in [4.69, 9.17) is 23.2 Å². The fourth-order valence-electron chi connectivity index (χ4n) is 1.01. The van der Waals surface area contributed by atoms with Crippen molar-refractivity contribution in [1.82, 2.24) is 9.78 Å².